The third-order valence-electron chi connectivity index (χ3n) is 4.30. The highest BCUT2D eigenvalue weighted by atomic mass is 16.5. The van der Waals surface area contributed by atoms with Gasteiger partial charge < -0.3 is 15.4 Å². The van der Waals surface area contributed by atoms with Crippen LogP contribution < -0.4 is 10.6 Å². The van der Waals surface area contributed by atoms with Gasteiger partial charge in [-0.3, -0.25) is 0 Å². The van der Waals surface area contributed by atoms with Crippen LogP contribution >= 0.6 is 0 Å². The minimum atomic E-state index is -0.0556. The van der Waals surface area contributed by atoms with Crippen molar-refractivity contribution in [2.45, 2.75) is 57.9 Å². The van der Waals surface area contributed by atoms with Gasteiger partial charge in [0.2, 0.25) is 0 Å². The molecular weight excluding hydrogens is 288 g/mol. The number of rotatable bonds is 5. The molecule has 1 saturated heterocycles. The number of amides is 2. The predicted octanol–water partition coefficient (Wildman–Crippen LogP) is 3.39. The molecule has 4 heteroatoms. The molecule has 0 radical (unpaired) electrons. The molecule has 4 nitrogen and oxygen atoms in total. The Morgan fingerprint density at radius 2 is 1.83 bits per heavy atom. The van der Waals surface area contributed by atoms with Crippen molar-refractivity contribution in [3.63, 3.8) is 0 Å². The summed E-state index contributed by atoms with van der Waals surface area (Å²) in [6.07, 6.45) is 3.76. The third-order valence-corrected chi connectivity index (χ3v) is 4.30. The highest BCUT2D eigenvalue weighted by Crippen LogP contribution is 2.22. The van der Waals surface area contributed by atoms with Crippen molar-refractivity contribution in [1.29, 1.82) is 0 Å². The first-order chi connectivity index (χ1) is 10.9. The second-order valence-corrected chi connectivity index (χ2v) is 7.34. The van der Waals surface area contributed by atoms with Crippen molar-refractivity contribution in [3.8, 4) is 0 Å². The smallest absolute Gasteiger partial charge is 0.315 e. The summed E-state index contributed by atoms with van der Waals surface area (Å²) in [6, 6.07) is 9.01. The molecule has 0 aromatic heterocycles. The molecule has 1 aromatic rings. The Morgan fingerprint density at radius 3 is 2.43 bits per heavy atom. The van der Waals surface area contributed by atoms with E-state index in [4.69, 9.17) is 4.74 Å². The maximum absolute atomic E-state index is 11.8. The fraction of sp³-hybridized carbons (Fsp3) is 0.632. The Bertz CT molecular complexity index is 485. The van der Waals surface area contributed by atoms with Gasteiger partial charge in [0.05, 0.1) is 0 Å². The largest absolute Gasteiger partial charge is 0.381 e. The monoisotopic (exact) mass is 318 g/mol. The summed E-state index contributed by atoms with van der Waals surface area (Å²) in [5.74, 6) is 0. The van der Waals surface area contributed by atoms with Gasteiger partial charge in [-0.25, -0.2) is 4.79 Å². The number of carbonyl (C=O) groups is 1. The Kier molecular flexibility index (Phi) is 6.46. The van der Waals surface area contributed by atoms with E-state index in [9.17, 15) is 4.79 Å². The standard InChI is InChI=1S/C19H30N2O2/c1-19(2,3)16-8-6-15(7-9-16)5-4-12-20-18(22)21-17-10-13-23-14-11-17/h6-9,17H,4-5,10-14H2,1-3H3,(H2,20,21,22). The van der Waals surface area contributed by atoms with E-state index in [-0.39, 0.29) is 17.5 Å². The van der Waals surface area contributed by atoms with Crippen LogP contribution in [0.5, 0.6) is 0 Å². The molecule has 1 heterocycles. The average Bonchev–Trinajstić information content (AvgIpc) is 2.52. The molecule has 1 aliphatic rings. The summed E-state index contributed by atoms with van der Waals surface area (Å²) in [5, 5.41) is 5.96. The first-order valence-electron chi connectivity index (χ1n) is 8.67. The van der Waals surface area contributed by atoms with E-state index in [2.05, 4.69) is 55.7 Å². The van der Waals surface area contributed by atoms with Crippen LogP contribution in [0.3, 0.4) is 0 Å². The number of aryl methyl sites for hydroxylation is 1. The maximum Gasteiger partial charge on any atom is 0.315 e. The van der Waals surface area contributed by atoms with Crippen LogP contribution in [-0.2, 0) is 16.6 Å². The Morgan fingerprint density at radius 1 is 1.17 bits per heavy atom. The lowest BCUT2D eigenvalue weighted by molar-refractivity contribution is 0.0801. The summed E-state index contributed by atoms with van der Waals surface area (Å²) < 4.78 is 5.29. The fourth-order valence-electron chi connectivity index (χ4n) is 2.74. The number of carbonyl (C=O) groups excluding carboxylic acids is 1. The molecule has 0 spiro atoms. The number of urea groups is 1. The highest BCUT2D eigenvalue weighted by molar-refractivity contribution is 5.74. The fourth-order valence-corrected chi connectivity index (χ4v) is 2.74. The quantitative estimate of drug-likeness (QED) is 0.818. The summed E-state index contributed by atoms with van der Waals surface area (Å²) in [7, 11) is 0. The van der Waals surface area contributed by atoms with E-state index in [1.54, 1.807) is 0 Å². The first kappa shape index (κ1) is 17.8. The van der Waals surface area contributed by atoms with Gasteiger partial charge in [0.15, 0.2) is 0 Å². The van der Waals surface area contributed by atoms with Crippen LogP contribution in [0.2, 0.25) is 0 Å². The topological polar surface area (TPSA) is 50.4 Å². The molecule has 1 aromatic carbocycles. The van der Waals surface area contributed by atoms with E-state index in [1.807, 2.05) is 0 Å². The maximum atomic E-state index is 11.8. The molecule has 0 saturated carbocycles. The second-order valence-electron chi connectivity index (χ2n) is 7.34. The highest BCUT2D eigenvalue weighted by Gasteiger charge is 2.15. The number of ether oxygens (including phenoxy) is 1. The minimum Gasteiger partial charge on any atom is -0.381 e. The van der Waals surface area contributed by atoms with Crippen molar-refractivity contribution < 1.29 is 9.53 Å². The molecule has 1 fully saturated rings. The molecular formula is C19H30N2O2. The number of hydrogen-bond acceptors (Lipinski definition) is 2. The summed E-state index contributed by atoms with van der Waals surface area (Å²) in [4.78, 5) is 11.8. The lowest BCUT2D eigenvalue weighted by Crippen LogP contribution is -2.44. The molecule has 2 rings (SSSR count). The Labute approximate surface area is 140 Å². The third kappa shape index (κ3) is 6.22. The summed E-state index contributed by atoms with van der Waals surface area (Å²) >= 11 is 0. The van der Waals surface area contributed by atoms with Crippen LogP contribution in [-0.4, -0.2) is 31.8 Å². The van der Waals surface area contributed by atoms with Crippen LogP contribution in [0, 0.1) is 0 Å². The number of hydrogen-bond donors (Lipinski definition) is 2. The molecule has 0 atom stereocenters. The van der Waals surface area contributed by atoms with Crippen molar-refractivity contribution in [2.75, 3.05) is 19.8 Å². The van der Waals surface area contributed by atoms with Gasteiger partial charge in [-0.15, -0.1) is 0 Å². The van der Waals surface area contributed by atoms with Crippen LogP contribution in [0.1, 0.15) is 51.2 Å². The van der Waals surface area contributed by atoms with Crippen molar-refractivity contribution in [2.24, 2.45) is 0 Å². The predicted molar refractivity (Wildman–Crippen MR) is 93.8 cm³/mol. The van der Waals surface area contributed by atoms with Crippen molar-refractivity contribution in [1.82, 2.24) is 10.6 Å². The van der Waals surface area contributed by atoms with Crippen LogP contribution in [0.4, 0.5) is 4.79 Å². The zero-order valence-electron chi connectivity index (χ0n) is 14.7. The molecule has 2 amide bonds. The molecule has 23 heavy (non-hydrogen) atoms. The van der Waals surface area contributed by atoms with Gasteiger partial charge in [-0.2, -0.15) is 0 Å². The first-order valence-corrected chi connectivity index (χ1v) is 8.67. The van der Waals surface area contributed by atoms with Gasteiger partial charge >= 0.3 is 6.03 Å². The van der Waals surface area contributed by atoms with Crippen LogP contribution in [0.25, 0.3) is 0 Å². The van der Waals surface area contributed by atoms with Gasteiger partial charge in [0.25, 0.3) is 0 Å². The second kappa shape index (κ2) is 8.34. The van der Waals surface area contributed by atoms with Gasteiger partial charge in [-0.05, 0) is 42.2 Å². The Hall–Kier alpha value is -1.55. The van der Waals surface area contributed by atoms with Crippen molar-refractivity contribution in [3.05, 3.63) is 35.4 Å². The van der Waals surface area contributed by atoms with Gasteiger partial charge in [0, 0.05) is 25.8 Å². The Balaban J connectivity index is 1.64. The van der Waals surface area contributed by atoms with E-state index in [0.717, 1.165) is 38.9 Å². The number of benzene rings is 1. The average molecular weight is 318 g/mol. The summed E-state index contributed by atoms with van der Waals surface area (Å²) in [5.41, 5.74) is 2.88. The molecule has 0 aliphatic carbocycles. The molecule has 2 N–H and O–H groups in total. The molecule has 0 unspecified atom stereocenters. The van der Waals surface area contributed by atoms with E-state index in [0.29, 0.717) is 6.54 Å². The lowest BCUT2D eigenvalue weighted by Gasteiger charge is -2.23. The van der Waals surface area contributed by atoms with E-state index < -0.39 is 0 Å². The van der Waals surface area contributed by atoms with Gasteiger partial charge in [-0.1, -0.05) is 45.0 Å². The van der Waals surface area contributed by atoms with Gasteiger partial charge in [0.1, 0.15) is 0 Å². The zero-order chi connectivity index (χ0) is 16.7. The minimum absolute atomic E-state index is 0.0556. The zero-order valence-corrected chi connectivity index (χ0v) is 14.7. The van der Waals surface area contributed by atoms with E-state index in [1.165, 1.54) is 11.1 Å². The van der Waals surface area contributed by atoms with E-state index >= 15 is 0 Å². The molecule has 128 valence electrons. The summed E-state index contributed by atoms with van der Waals surface area (Å²) in [6.45, 7) is 8.87. The molecule has 1 aliphatic heterocycles. The van der Waals surface area contributed by atoms with Crippen molar-refractivity contribution >= 4 is 6.03 Å². The van der Waals surface area contributed by atoms with Crippen LogP contribution in [0.15, 0.2) is 24.3 Å². The lowest BCUT2D eigenvalue weighted by atomic mass is 9.86. The SMILES string of the molecule is CC(C)(C)c1ccc(CCCNC(=O)NC2CCOCC2)cc1. The normalized spacial score (nSPS) is 16.1. The molecule has 0 bridgehead atoms. The number of nitrogens with one attached hydrogen (secondary N) is 2.